The Balaban J connectivity index is 2.73. The van der Waals surface area contributed by atoms with Crippen LogP contribution in [0.5, 0.6) is 0 Å². The summed E-state index contributed by atoms with van der Waals surface area (Å²) in [5.41, 5.74) is 0.0818. The minimum absolute atomic E-state index is 0.136. The van der Waals surface area contributed by atoms with Crippen LogP contribution in [0.15, 0.2) is 29.2 Å². The SMILES string of the molecule is COCCCNS(=O)(=O)c1ccc(C(=O)NC(C)(C)C)cc1. The first-order valence-electron chi connectivity index (χ1n) is 7.07. The number of ether oxygens (including phenoxy) is 1. The van der Waals surface area contributed by atoms with E-state index in [9.17, 15) is 13.2 Å². The molecule has 0 bridgehead atoms. The normalized spacial score (nSPS) is 12.2. The average Bonchev–Trinajstić information content (AvgIpc) is 2.42. The highest BCUT2D eigenvalue weighted by atomic mass is 32.2. The molecular formula is C15H24N2O4S. The van der Waals surface area contributed by atoms with Crippen molar-refractivity contribution >= 4 is 15.9 Å². The fourth-order valence-corrected chi connectivity index (χ4v) is 2.78. The van der Waals surface area contributed by atoms with Crippen molar-refractivity contribution in [3.8, 4) is 0 Å². The highest BCUT2D eigenvalue weighted by molar-refractivity contribution is 7.89. The van der Waals surface area contributed by atoms with Crippen LogP contribution in [0.1, 0.15) is 37.6 Å². The number of sulfonamides is 1. The third-order valence-corrected chi connectivity index (χ3v) is 4.21. The van der Waals surface area contributed by atoms with Crippen LogP contribution in [-0.2, 0) is 14.8 Å². The van der Waals surface area contributed by atoms with E-state index in [1.54, 1.807) is 7.11 Å². The van der Waals surface area contributed by atoms with Gasteiger partial charge < -0.3 is 10.1 Å². The van der Waals surface area contributed by atoms with Crippen molar-refractivity contribution in [1.29, 1.82) is 0 Å². The molecule has 124 valence electrons. The predicted octanol–water partition coefficient (Wildman–Crippen LogP) is 1.53. The van der Waals surface area contributed by atoms with E-state index in [1.807, 2.05) is 20.8 Å². The molecule has 0 atom stereocenters. The van der Waals surface area contributed by atoms with Gasteiger partial charge in [-0.05, 0) is 51.5 Å². The minimum Gasteiger partial charge on any atom is -0.385 e. The van der Waals surface area contributed by atoms with Crippen molar-refractivity contribution in [2.45, 2.75) is 37.6 Å². The third kappa shape index (κ3) is 6.13. The van der Waals surface area contributed by atoms with E-state index < -0.39 is 10.0 Å². The number of amides is 1. The third-order valence-electron chi connectivity index (χ3n) is 2.73. The smallest absolute Gasteiger partial charge is 0.251 e. The zero-order chi connectivity index (χ0) is 16.8. The summed E-state index contributed by atoms with van der Waals surface area (Å²) in [5, 5.41) is 2.82. The Morgan fingerprint density at radius 3 is 2.27 bits per heavy atom. The number of hydrogen-bond donors (Lipinski definition) is 2. The van der Waals surface area contributed by atoms with Gasteiger partial charge in [0.15, 0.2) is 0 Å². The molecule has 0 fully saturated rings. The molecule has 0 aliphatic rings. The summed E-state index contributed by atoms with van der Waals surface area (Å²) in [5.74, 6) is -0.232. The maximum atomic E-state index is 12.1. The fraction of sp³-hybridized carbons (Fsp3) is 0.533. The molecule has 0 aliphatic carbocycles. The van der Waals surface area contributed by atoms with Crippen molar-refractivity contribution in [3.05, 3.63) is 29.8 Å². The summed E-state index contributed by atoms with van der Waals surface area (Å²) in [6, 6.07) is 5.86. The first kappa shape index (κ1) is 18.6. The Labute approximate surface area is 132 Å². The van der Waals surface area contributed by atoms with Gasteiger partial charge in [0, 0.05) is 31.4 Å². The highest BCUT2D eigenvalue weighted by Crippen LogP contribution is 2.11. The molecule has 6 nitrogen and oxygen atoms in total. The van der Waals surface area contributed by atoms with E-state index in [4.69, 9.17) is 4.74 Å². The summed E-state index contributed by atoms with van der Waals surface area (Å²) in [4.78, 5) is 12.1. The lowest BCUT2D eigenvalue weighted by molar-refractivity contribution is 0.0919. The highest BCUT2D eigenvalue weighted by Gasteiger charge is 2.17. The van der Waals surface area contributed by atoms with Crippen molar-refractivity contribution in [2.75, 3.05) is 20.3 Å². The van der Waals surface area contributed by atoms with Crippen LogP contribution in [0, 0.1) is 0 Å². The number of carbonyl (C=O) groups is 1. The van der Waals surface area contributed by atoms with E-state index in [0.29, 0.717) is 25.1 Å². The van der Waals surface area contributed by atoms with Gasteiger partial charge >= 0.3 is 0 Å². The second kappa shape index (κ2) is 7.71. The molecular weight excluding hydrogens is 304 g/mol. The number of methoxy groups -OCH3 is 1. The zero-order valence-electron chi connectivity index (χ0n) is 13.5. The van der Waals surface area contributed by atoms with Crippen molar-refractivity contribution in [3.63, 3.8) is 0 Å². The topological polar surface area (TPSA) is 84.5 Å². The Hall–Kier alpha value is -1.44. The first-order valence-corrected chi connectivity index (χ1v) is 8.55. The second-order valence-corrected chi connectivity index (χ2v) is 7.74. The van der Waals surface area contributed by atoms with Gasteiger partial charge in [-0.2, -0.15) is 0 Å². The molecule has 7 heteroatoms. The molecule has 0 radical (unpaired) electrons. The molecule has 1 rings (SSSR count). The summed E-state index contributed by atoms with van der Waals surface area (Å²) in [6.07, 6.45) is 0.599. The number of nitrogens with one attached hydrogen (secondary N) is 2. The van der Waals surface area contributed by atoms with Crippen molar-refractivity contribution in [2.24, 2.45) is 0 Å². The van der Waals surface area contributed by atoms with E-state index in [2.05, 4.69) is 10.0 Å². The van der Waals surface area contributed by atoms with E-state index in [1.165, 1.54) is 24.3 Å². The Morgan fingerprint density at radius 2 is 1.77 bits per heavy atom. The Kier molecular flexibility index (Phi) is 6.52. The molecule has 0 saturated carbocycles. The number of rotatable bonds is 7. The molecule has 22 heavy (non-hydrogen) atoms. The van der Waals surface area contributed by atoms with E-state index in [0.717, 1.165) is 0 Å². The molecule has 0 spiro atoms. The van der Waals surface area contributed by atoms with Gasteiger partial charge in [-0.15, -0.1) is 0 Å². The Bertz CT molecular complexity index is 589. The molecule has 0 heterocycles. The summed E-state index contributed by atoms with van der Waals surface area (Å²) in [7, 11) is -1.99. The van der Waals surface area contributed by atoms with E-state index in [-0.39, 0.29) is 16.3 Å². The summed E-state index contributed by atoms with van der Waals surface area (Å²) in [6.45, 7) is 6.45. The summed E-state index contributed by atoms with van der Waals surface area (Å²) < 4.78 is 31.5. The molecule has 2 N–H and O–H groups in total. The van der Waals surface area contributed by atoms with Crippen LogP contribution < -0.4 is 10.0 Å². The van der Waals surface area contributed by atoms with Gasteiger partial charge in [-0.3, -0.25) is 4.79 Å². The zero-order valence-corrected chi connectivity index (χ0v) is 14.3. The van der Waals surface area contributed by atoms with Crippen LogP contribution in [0.2, 0.25) is 0 Å². The monoisotopic (exact) mass is 328 g/mol. The lowest BCUT2D eigenvalue weighted by Crippen LogP contribution is -2.40. The minimum atomic E-state index is -3.56. The largest absolute Gasteiger partial charge is 0.385 e. The first-order chi connectivity index (χ1) is 10.2. The standard InChI is InChI=1S/C15H24N2O4S/c1-15(2,3)17-14(18)12-6-8-13(9-7-12)22(19,20)16-10-5-11-21-4/h6-9,16H,5,10-11H2,1-4H3,(H,17,18). The van der Waals surface area contributed by atoms with Gasteiger partial charge in [0.1, 0.15) is 0 Å². The molecule has 0 unspecified atom stereocenters. The lowest BCUT2D eigenvalue weighted by atomic mass is 10.1. The fourth-order valence-electron chi connectivity index (χ4n) is 1.70. The van der Waals surface area contributed by atoms with E-state index >= 15 is 0 Å². The molecule has 0 saturated heterocycles. The number of benzene rings is 1. The quantitative estimate of drug-likeness (QED) is 0.744. The van der Waals surface area contributed by atoms with Crippen LogP contribution in [0.25, 0.3) is 0 Å². The van der Waals surface area contributed by atoms with Crippen LogP contribution >= 0.6 is 0 Å². The van der Waals surface area contributed by atoms with Gasteiger partial charge in [0.2, 0.25) is 10.0 Å². The molecule has 0 aliphatic heterocycles. The molecule has 1 aromatic rings. The average molecular weight is 328 g/mol. The van der Waals surface area contributed by atoms with Crippen molar-refractivity contribution < 1.29 is 17.9 Å². The number of hydrogen-bond acceptors (Lipinski definition) is 4. The molecule has 1 aromatic carbocycles. The number of carbonyl (C=O) groups excluding carboxylic acids is 1. The van der Waals surface area contributed by atoms with Gasteiger partial charge in [-0.25, -0.2) is 13.1 Å². The lowest BCUT2D eigenvalue weighted by Gasteiger charge is -2.20. The Morgan fingerprint density at radius 1 is 1.18 bits per heavy atom. The molecule has 0 aromatic heterocycles. The predicted molar refractivity (Wildman–Crippen MR) is 85.3 cm³/mol. The van der Waals surface area contributed by atoms with Gasteiger partial charge in [-0.1, -0.05) is 0 Å². The van der Waals surface area contributed by atoms with Crippen LogP contribution in [-0.4, -0.2) is 40.1 Å². The van der Waals surface area contributed by atoms with Gasteiger partial charge in [0.25, 0.3) is 5.91 Å². The second-order valence-electron chi connectivity index (χ2n) is 5.97. The van der Waals surface area contributed by atoms with Crippen LogP contribution in [0.3, 0.4) is 0 Å². The van der Waals surface area contributed by atoms with Crippen LogP contribution in [0.4, 0.5) is 0 Å². The summed E-state index contributed by atoms with van der Waals surface area (Å²) >= 11 is 0. The molecule has 1 amide bonds. The maximum Gasteiger partial charge on any atom is 0.251 e. The maximum absolute atomic E-state index is 12.1. The van der Waals surface area contributed by atoms with Crippen molar-refractivity contribution in [1.82, 2.24) is 10.0 Å². The van der Waals surface area contributed by atoms with Gasteiger partial charge in [0.05, 0.1) is 4.90 Å².